The van der Waals surface area contributed by atoms with Crippen molar-refractivity contribution in [2.24, 2.45) is 23.2 Å². The highest BCUT2D eigenvalue weighted by Gasteiger charge is 2.42. The molecule has 0 bridgehead atoms. The third-order valence-corrected chi connectivity index (χ3v) is 6.42. The van der Waals surface area contributed by atoms with Crippen molar-refractivity contribution in [3.8, 4) is 0 Å². The molecule has 0 N–H and O–H groups in total. The molecule has 2 rings (SSSR count). The second-order valence-electron chi connectivity index (χ2n) is 7.95. The Labute approximate surface area is 121 Å². The summed E-state index contributed by atoms with van der Waals surface area (Å²) in [7, 11) is 0. The zero-order valence-electron chi connectivity index (χ0n) is 13.7. The van der Waals surface area contributed by atoms with E-state index in [-0.39, 0.29) is 0 Å². The van der Waals surface area contributed by atoms with E-state index in [1.165, 1.54) is 44.9 Å². The molecule has 0 aliphatic heterocycles. The molecule has 0 heterocycles. The van der Waals surface area contributed by atoms with Gasteiger partial charge < -0.3 is 0 Å². The molecule has 2 saturated carbocycles. The maximum atomic E-state index is 2.54. The average molecular weight is 264 g/mol. The minimum atomic E-state index is 0.783. The van der Waals surface area contributed by atoms with Crippen LogP contribution >= 0.6 is 0 Å². The highest BCUT2D eigenvalue weighted by atomic mass is 14.5. The van der Waals surface area contributed by atoms with Crippen LogP contribution in [0.5, 0.6) is 0 Å². The molecule has 0 radical (unpaired) electrons. The molecule has 0 saturated heterocycles. The van der Waals surface area contributed by atoms with E-state index in [9.17, 15) is 0 Å². The predicted molar refractivity (Wildman–Crippen MR) is 85.3 cm³/mol. The second-order valence-corrected chi connectivity index (χ2v) is 7.95. The Kier molecular flexibility index (Phi) is 5.78. The van der Waals surface area contributed by atoms with Gasteiger partial charge in [-0.2, -0.15) is 0 Å². The van der Waals surface area contributed by atoms with Gasteiger partial charge in [0.05, 0.1) is 0 Å². The molecular weight excluding hydrogens is 228 g/mol. The SMILES string of the molecule is CCC(C)CCC(C)CC1(C2CCCC2)CCCC1. The third kappa shape index (κ3) is 3.99. The molecule has 112 valence electrons. The standard InChI is InChI=1S/C19H36/c1-4-16(2)11-12-17(3)15-19(13-7-8-14-19)18-9-5-6-10-18/h16-18H,4-15H2,1-3H3. The van der Waals surface area contributed by atoms with E-state index in [1.54, 1.807) is 32.1 Å². The first-order valence-electron chi connectivity index (χ1n) is 9.16. The minimum Gasteiger partial charge on any atom is -0.0651 e. The van der Waals surface area contributed by atoms with E-state index < -0.39 is 0 Å². The van der Waals surface area contributed by atoms with Crippen LogP contribution < -0.4 is 0 Å². The number of hydrogen-bond donors (Lipinski definition) is 0. The fourth-order valence-corrected chi connectivity index (χ4v) is 4.97. The van der Waals surface area contributed by atoms with Gasteiger partial charge >= 0.3 is 0 Å². The van der Waals surface area contributed by atoms with Crippen LogP contribution in [-0.2, 0) is 0 Å². The summed E-state index contributed by atoms with van der Waals surface area (Å²) < 4.78 is 0. The largest absolute Gasteiger partial charge is 0.0651 e. The van der Waals surface area contributed by atoms with Gasteiger partial charge in [0.2, 0.25) is 0 Å². The van der Waals surface area contributed by atoms with E-state index in [4.69, 9.17) is 0 Å². The van der Waals surface area contributed by atoms with Crippen molar-refractivity contribution < 1.29 is 0 Å². The molecule has 19 heavy (non-hydrogen) atoms. The molecule has 0 amide bonds. The van der Waals surface area contributed by atoms with Gasteiger partial charge in [-0.25, -0.2) is 0 Å². The Morgan fingerprint density at radius 3 is 2.05 bits per heavy atom. The van der Waals surface area contributed by atoms with E-state index in [0.717, 1.165) is 23.2 Å². The predicted octanol–water partition coefficient (Wildman–Crippen LogP) is 6.59. The first kappa shape index (κ1) is 15.4. The lowest BCUT2D eigenvalue weighted by Gasteiger charge is -2.38. The molecular formula is C19H36. The third-order valence-electron chi connectivity index (χ3n) is 6.42. The normalized spacial score (nSPS) is 26.7. The van der Waals surface area contributed by atoms with Gasteiger partial charge in [0.25, 0.3) is 0 Å². The van der Waals surface area contributed by atoms with E-state index in [1.807, 2.05) is 0 Å². The highest BCUT2D eigenvalue weighted by molar-refractivity contribution is 4.93. The van der Waals surface area contributed by atoms with Crippen molar-refractivity contribution in [2.75, 3.05) is 0 Å². The summed E-state index contributed by atoms with van der Waals surface area (Å²) in [6.45, 7) is 7.30. The van der Waals surface area contributed by atoms with Crippen LogP contribution in [0.2, 0.25) is 0 Å². The molecule has 0 aromatic heterocycles. The first-order chi connectivity index (χ1) is 9.16. The molecule has 0 aromatic carbocycles. The van der Waals surface area contributed by atoms with Crippen LogP contribution in [0.1, 0.15) is 97.8 Å². The van der Waals surface area contributed by atoms with Crippen molar-refractivity contribution in [1.29, 1.82) is 0 Å². The zero-order valence-corrected chi connectivity index (χ0v) is 13.7. The fraction of sp³-hybridized carbons (Fsp3) is 1.00. The van der Waals surface area contributed by atoms with Gasteiger partial charge in [0.1, 0.15) is 0 Å². The van der Waals surface area contributed by atoms with Gasteiger partial charge in [0, 0.05) is 0 Å². The van der Waals surface area contributed by atoms with Gasteiger partial charge in [0.15, 0.2) is 0 Å². The Morgan fingerprint density at radius 1 is 0.895 bits per heavy atom. The molecule has 2 aliphatic rings. The van der Waals surface area contributed by atoms with E-state index >= 15 is 0 Å². The Bertz CT molecular complexity index is 243. The summed E-state index contributed by atoms with van der Waals surface area (Å²) in [6, 6.07) is 0. The van der Waals surface area contributed by atoms with Crippen molar-refractivity contribution >= 4 is 0 Å². The smallest absolute Gasteiger partial charge is 0.0267 e. The van der Waals surface area contributed by atoms with Crippen LogP contribution in [0.3, 0.4) is 0 Å². The zero-order chi connectivity index (χ0) is 13.7. The van der Waals surface area contributed by atoms with Gasteiger partial charge in [-0.05, 0) is 55.3 Å². The maximum absolute atomic E-state index is 2.54. The average Bonchev–Trinajstić information content (AvgIpc) is 3.07. The second kappa shape index (κ2) is 7.14. The van der Waals surface area contributed by atoms with E-state index in [2.05, 4.69) is 20.8 Å². The Morgan fingerprint density at radius 2 is 1.47 bits per heavy atom. The Hall–Kier alpha value is 0. The minimum absolute atomic E-state index is 0.783. The number of rotatable bonds is 7. The van der Waals surface area contributed by atoms with Crippen molar-refractivity contribution in [2.45, 2.75) is 97.8 Å². The topological polar surface area (TPSA) is 0 Å². The van der Waals surface area contributed by atoms with Crippen molar-refractivity contribution in [3.05, 3.63) is 0 Å². The van der Waals surface area contributed by atoms with Crippen LogP contribution in [0.25, 0.3) is 0 Å². The van der Waals surface area contributed by atoms with E-state index in [0.29, 0.717) is 0 Å². The summed E-state index contributed by atoms with van der Waals surface area (Å²) in [4.78, 5) is 0. The molecule has 2 aliphatic carbocycles. The quantitative estimate of drug-likeness (QED) is 0.486. The summed E-state index contributed by atoms with van der Waals surface area (Å²) >= 11 is 0. The van der Waals surface area contributed by atoms with Crippen LogP contribution in [-0.4, -0.2) is 0 Å². The molecule has 2 fully saturated rings. The summed E-state index contributed by atoms with van der Waals surface area (Å²) in [5, 5.41) is 0. The molecule has 0 spiro atoms. The lowest BCUT2D eigenvalue weighted by molar-refractivity contribution is 0.123. The lowest BCUT2D eigenvalue weighted by atomic mass is 9.67. The lowest BCUT2D eigenvalue weighted by Crippen LogP contribution is -2.28. The summed E-state index contributed by atoms with van der Waals surface area (Å²) in [6.07, 6.45) is 18.2. The fourth-order valence-electron chi connectivity index (χ4n) is 4.97. The first-order valence-corrected chi connectivity index (χ1v) is 9.16. The monoisotopic (exact) mass is 264 g/mol. The highest BCUT2D eigenvalue weighted by Crippen LogP contribution is 2.54. The van der Waals surface area contributed by atoms with Crippen LogP contribution in [0, 0.1) is 23.2 Å². The maximum Gasteiger partial charge on any atom is -0.0267 e. The summed E-state index contributed by atoms with van der Waals surface area (Å²) in [5.74, 6) is 3.00. The van der Waals surface area contributed by atoms with Gasteiger partial charge in [-0.3, -0.25) is 0 Å². The van der Waals surface area contributed by atoms with Crippen molar-refractivity contribution in [1.82, 2.24) is 0 Å². The molecule has 0 nitrogen and oxygen atoms in total. The van der Waals surface area contributed by atoms with Crippen LogP contribution in [0.4, 0.5) is 0 Å². The molecule has 0 aromatic rings. The molecule has 2 atom stereocenters. The van der Waals surface area contributed by atoms with Gasteiger partial charge in [-0.15, -0.1) is 0 Å². The summed E-state index contributed by atoms with van der Waals surface area (Å²) in [5.41, 5.74) is 0.783. The molecule has 2 unspecified atom stereocenters. The number of hydrogen-bond acceptors (Lipinski definition) is 0. The van der Waals surface area contributed by atoms with Gasteiger partial charge in [-0.1, -0.05) is 65.7 Å². The Balaban J connectivity index is 1.85. The van der Waals surface area contributed by atoms with Crippen LogP contribution in [0.15, 0.2) is 0 Å². The molecule has 0 heteroatoms. The van der Waals surface area contributed by atoms with Crippen molar-refractivity contribution in [3.63, 3.8) is 0 Å².